The Hall–Kier alpha value is -2.22. The summed E-state index contributed by atoms with van der Waals surface area (Å²) in [5.74, 6) is -0.322. The molecule has 1 aliphatic rings. The quantitative estimate of drug-likeness (QED) is 0.742. The number of ether oxygens (including phenoxy) is 1. The lowest BCUT2D eigenvalue weighted by Gasteiger charge is -2.24. The van der Waals surface area contributed by atoms with Crippen molar-refractivity contribution in [2.45, 2.75) is 39.3 Å². The van der Waals surface area contributed by atoms with Crippen molar-refractivity contribution in [1.29, 1.82) is 0 Å². The average molecular weight is 402 g/mol. The summed E-state index contributed by atoms with van der Waals surface area (Å²) in [5, 5.41) is 7.21. The maximum Gasteiger partial charge on any atom is 0.325 e. The second-order valence-corrected chi connectivity index (χ2v) is 8.24. The molecule has 0 saturated carbocycles. The molecule has 1 aliphatic heterocycles. The molecule has 150 valence electrons. The summed E-state index contributed by atoms with van der Waals surface area (Å²) in [7, 11) is 0. The van der Waals surface area contributed by atoms with E-state index in [0.29, 0.717) is 18.8 Å². The van der Waals surface area contributed by atoms with Crippen LogP contribution in [0.15, 0.2) is 35.7 Å². The molecule has 0 spiro atoms. The van der Waals surface area contributed by atoms with Crippen molar-refractivity contribution in [3.8, 4) is 0 Å². The molecule has 1 saturated heterocycles. The number of benzene rings is 1. The molecule has 7 heteroatoms. The zero-order chi connectivity index (χ0) is 19.9. The molecule has 6 nitrogen and oxygen atoms in total. The molecule has 1 aromatic carbocycles. The number of hydrogen-bond acceptors (Lipinski definition) is 5. The van der Waals surface area contributed by atoms with E-state index < -0.39 is 6.03 Å². The number of urea groups is 1. The van der Waals surface area contributed by atoms with E-state index in [4.69, 9.17) is 4.74 Å². The van der Waals surface area contributed by atoms with Gasteiger partial charge in [-0.2, -0.15) is 0 Å². The fourth-order valence-corrected chi connectivity index (χ4v) is 4.11. The number of nitrogens with one attached hydrogen (secondary N) is 2. The van der Waals surface area contributed by atoms with E-state index in [0.717, 1.165) is 30.6 Å². The largest absolute Gasteiger partial charge is 0.377 e. The number of rotatable bonds is 7. The number of carbonyl (C=O) groups is 2. The van der Waals surface area contributed by atoms with E-state index in [-0.39, 0.29) is 18.6 Å². The molecule has 1 atom stereocenters. The molecule has 1 fully saturated rings. The molecule has 0 aliphatic carbocycles. The second kappa shape index (κ2) is 9.82. The smallest absolute Gasteiger partial charge is 0.325 e. The number of hydrogen-bond donors (Lipinski definition) is 2. The molecule has 2 aromatic rings. The second-order valence-electron chi connectivity index (χ2n) is 7.20. The summed E-state index contributed by atoms with van der Waals surface area (Å²) in [5.41, 5.74) is 2.78. The number of aryl methyl sites for hydroxylation is 2. The highest BCUT2D eigenvalue weighted by molar-refractivity contribution is 7.09. The van der Waals surface area contributed by atoms with Crippen molar-refractivity contribution in [2.75, 3.05) is 25.0 Å². The van der Waals surface area contributed by atoms with Crippen molar-refractivity contribution < 1.29 is 14.3 Å². The average Bonchev–Trinajstić information content (AvgIpc) is 3.31. The predicted octanol–water partition coefficient (Wildman–Crippen LogP) is 3.69. The van der Waals surface area contributed by atoms with Crippen LogP contribution in [0.4, 0.5) is 10.5 Å². The van der Waals surface area contributed by atoms with Crippen molar-refractivity contribution in [2.24, 2.45) is 0 Å². The van der Waals surface area contributed by atoms with Crippen LogP contribution in [0, 0.1) is 13.8 Å². The normalized spacial score (nSPS) is 16.3. The van der Waals surface area contributed by atoms with Gasteiger partial charge in [-0.25, -0.2) is 4.79 Å². The lowest BCUT2D eigenvalue weighted by Crippen LogP contribution is -2.43. The monoisotopic (exact) mass is 401 g/mol. The van der Waals surface area contributed by atoms with Gasteiger partial charge in [0.2, 0.25) is 5.91 Å². The highest BCUT2D eigenvalue weighted by Crippen LogP contribution is 2.17. The Labute approximate surface area is 169 Å². The van der Waals surface area contributed by atoms with Crippen LogP contribution < -0.4 is 10.6 Å². The first-order chi connectivity index (χ1) is 13.5. The Bertz CT molecular complexity index is 801. The van der Waals surface area contributed by atoms with Gasteiger partial charge in [-0.15, -0.1) is 11.3 Å². The number of anilines is 1. The molecule has 2 N–H and O–H groups in total. The maximum atomic E-state index is 12.4. The summed E-state index contributed by atoms with van der Waals surface area (Å²) in [4.78, 5) is 27.9. The van der Waals surface area contributed by atoms with Gasteiger partial charge in [-0.05, 0) is 49.8 Å². The van der Waals surface area contributed by atoms with Crippen LogP contribution in [0.1, 0.15) is 28.8 Å². The molecular formula is C21H27N3O3S. The third kappa shape index (κ3) is 6.15. The van der Waals surface area contributed by atoms with Gasteiger partial charge in [0.1, 0.15) is 0 Å². The highest BCUT2D eigenvalue weighted by atomic mass is 32.1. The Kier molecular flexibility index (Phi) is 7.19. The van der Waals surface area contributed by atoms with Crippen molar-refractivity contribution in [3.05, 3.63) is 51.7 Å². The Balaban J connectivity index is 1.54. The molecule has 0 unspecified atom stereocenters. The van der Waals surface area contributed by atoms with Crippen molar-refractivity contribution in [1.82, 2.24) is 10.2 Å². The molecule has 28 heavy (non-hydrogen) atoms. The third-order valence-corrected chi connectivity index (χ3v) is 5.56. The van der Waals surface area contributed by atoms with E-state index in [1.807, 2.05) is 48.4 Å². The minimum absolute atomic E-state index is 0.150. The Morgan fingerprint density at radius 3 is 2.82 bits per heavy atom. The Morgan fingerprint density at radius 2 is 2.14 bits per heavy atom. The molecule has 2 heterocycles. The SMILES string of the molecule is Cc1ccc(NC(=O)NC(=O)CN(Cc2cccs2)C[C@H]2CCCO2)c(C)c1. The third-order valence-electron chi connectivity index (χ3n) is 4.70. The van der Waals surface area contributed by atoms with Gasteiger partial charge in [0, 0.05) is 30.3 Å². The van der Waals surface area contributed by atoms with Crippen LogP contribution in [0.2, 0.25) is 0 Å². The molecule has 0 radical (unpaired) electrons. The predicted molar refractivity (Wildman–Crippen MR) is 112 cm³/mol. The van der Waals surface area contributed by atoms with Gasteiger partial charge in [0.05, 0.1) is 12.6 Å². The zero-order valence-corrected chi connectivity index (χ0v) is 17.2. The van der Waals surface area contributed by atoms with Crippen LogP contribution in [0.5, 0.6) is 0 Å². The van der Waals surface area contributed by atoms with Gasteiger partial charge in [0.25, 0.3) is 0 Å². The number of imide groups is 1. The number of amides is 3. The lowest BCUT2D eigenvalue weighted by molar-refractivity contribution is -0.121. The minimum atomic E-state index is -0.509. The number of nitrogens with zero attached hydrogens (tertiary/aromatic N) is 1. The first kappa shape index (κ1) is 20.5. The van der Waals surface area contributed by atoms with Gasteiger partial charge in [-0.1, -0.05) is 23.8 Å². The topological polar surface area (TPSA) is 70.7 Å². The van der Waals surface area contributed by atoms with Crippen LogP contribution in [-0.4, -0.2) is 42.6 Å². The maximum absolute atomic E-state index is 12.4. The highest BCUT2D eigenvalue weighted by Gasteiger charge is 2.22. The van der Waals surface area contributed by atoms with E-state index >= 15 is 0 Å². The summed E-state index contributed by atoms with van der Waals surface area (Å²) in [6, 6.07) is 9.30. The van der Waals surface area contributed by atoms with Crippen LogP contribution in [0.25, 0.3) is 0 Å². The van der Waals surface area contributed by atoms with Gasteiger partial charge < -0.3 is 10.1 Å². The molecular weight excluding hydrogens is 374 g/mol. The lowest BCUT2D eigenvalue weighted by atomic mass is 10.1. The summed E-state index contributed by atoms with van der Waals surface area (Å²) in [6.45, 7) is 6.21. The van der Waals surface area contributed by atoms with Gasteiger partial charge in [0.15, 0.2) is 0 Å². The van der Waals surface area contributed by atoms with E-state index in [9.17, 15) is 9.59 Å². The van der Waals surface area contributed by atoms with Gasteiger partial charge in [-0.3, -0.25) is 15.0 Å². The van der Waals surface area contributed by atoms with Crippen LogP contribution >= 0.6 is 11.3 Å². The van der Waals surface area contributed by atoms with E-state index in [1.54, 1.807) is 11.3 Å². The van der Waals surface area contributed by atoms with Crippen molar-refractivity contribution in [3.63, 3.8) is 0 Å². The summed E-state index contributed by atoms with van der Waals surface area (Å²) >= 11 is 1.66. The van der Waals surface area contributed by atoms with Crippen molar-refractivity contribution >= 4 is 29.0 Å². The summed E-state index contributed by atoms with van der Waals surface area (Å²) < 4.78 is 5.72. The molecule has 0 bridgehead atoms. The standard InChI is InChI=1S/C21H27N3O3S/c1-15-7-8-19(16(2)11-15)22-21(26)23-20(25)14-24(12-17-5-3-9-27-17)13-18-6-4-10-28-18/h4,6-8,10-11,17H,3,5,9,12-14H2,1-2H3,(H2,22,23,25,26)/t17-/m1/s1. The molecule has 3 rings (SSSR count). The fraction of sp³-hybridized carbons (Fsp3) is 0.429. The minimum Gasteiger partial charge on any atom is -0.377 e. The number of thiophene rings is 1. The Morgan fingerprint density at radius 1 is 1.29 bits per heavy atom. The first-order valence-electron chi connectivity index (χ1n) is 9.54. The summed E-state index contributed by atoms with van der Waals surface area (Å²) in [6.07, 6.45) is 2.22. The van der Waals surface area contributed by atoms with Crippen LogP contribution in [0.3, 0.4) is 0 Å². The van der Waals surface area contributed by atoms with E-state index in [2.05, 4.69) is 16.7 Å². The zero-order valence-electron chi connectivity index (χ0n) is 16.4. The van der Waals surface area contributed by atoms with Gasteiger partial charge >= 0.3 is 6.03 Å². The number of carbonyl (C=O) groups excluding carboxylic acids is 2. The fourth-order valence-electron chi connectivity index (χ4n) is 3.36. The molecule has 3 amide bonds. The molecule has 1 aromatic heterocycles. The van der Waals surface area contributed by atoms with Crippen LogP contribution in [-0.2, 0) is 16.1 Å². The van der Waals surface area contributed by atoms with E-state index in [1.165, 1.54) is 4.88 Å². The first-order valence-corrected chi connectivity index (χ1v) is 10.4.